The van der Waals surface area contributed by atoms with E-state index in [1.807, 2.05) is 38.1 Å². The summed E-state index contributed by atoms with van der Waals surface area (Å²) >= 11 is 12.4. The number of amides is 1. The van der Waals surface area contributed by atoms with Crippen LogP contribution in [0.4, 0.5) is 5.69 Å². The van der Waals surface area contributed by atoms with E-state index in [-0.39, 0.29) is 12.3 Å². The highest BCUT2D eigenvalue weighted by atomic mass is 35.5. The molecule has 0 saturated heterocycles. The summed E-state index contributed by atoms with van der Waals surface area (Å²) in [6.07, 6.45) is 0.662. The van der Waals surface area contributed by atoms with E-state index in [1.165, 1.54) is 0 Å². The van der Waals surface area contributed by atoms with Crippen molar-refractivity contribution in [1.29, 1.82) is 0 Å². The van der Waals surface area contributed by atoms with Gasteiger partial charge in [-0.25, -0.2) is 9.50 Å². The van der Waals surface area contributed by atoms with Gasteiger partial charge in [0.2, 0.25) is 5.91 Å². The van der Waals surface area contributed by atoms with E-state index in [0.29, 0.717) is 33.8 Å². The normalized spacial score (nSPS) is 11.1. The number of halogens is 2. The molecule has 0 saturated carbocycles. The Morgan fingerprint density at radius 1 is 1.00 bits per heavy atom. The summed E-state index contributed by atoms with van der Waals surface area (Å²) in [6, 6.07) is 14.8. The Kier molecular flexibility index (Phi) is 5.70. The molecule has 2 heterocycles. The summed E-state index contributed by atoms with van der Waals surface area (Å²) in [7, 11) is 0. The van der Waals surface area contributed by atoms with E-state index in [2.05, 4.69) is 20.4 Å². The first-order chi connectivity index (χ1) is 14.4. The second-order valence-corrected chi connectivity index (χ2v) is 7.79. The first-order valence-electron chi connectivity index (χ1n) is 9.42. The van der Waals surface area contributed by atoms with Crippen LogP contribution in [0.1, 0.15) is 28.3 Å². The Morgan fingerprint density at radius 2 is 1.70 bits per heavy atom. The molecule has 2 aromatic carbocycles. The lowest BCUT2D eigenvalue weighted by Gasteiger charge is -2.11. The number of fused-ring (bicyclic) bond motifs is 1. The highest BCUT2D eigenvalue weighted by Crippen LogP contribution is 2.23. The van der Waals surface area contributed by atoms with Gasteiger partial charge in [0, 0.05) is 22.8 Å². The quantitative estimate of drug-likeness (QED) is 0.483. The van der Waals surface area contributed by atoms with Crippen molar-refractivity contribution in [2.45, 2.75) is 26.7 Å². The predicted octanol–water partition coefficient (Wildman–Crippen LogP) is 4.82. The number of hydrogen-bond donors (Lipinski definition) is 1. The molecule has 0 radical (unpaired) electrons. The predicted molar refractivity (Wildman–Crippen MR) is 118 cm³/mol. The van der Waals surface area contributed by atoms with Gasteiger partial charge in [0.05, 0.1) is 17.1 Å². The molecule has 30 heavy (non-hydrogen) atoms. The van der Waals surface area contributed by atoms with Gasteiger partial charge in [0.1, 0.15) is 0 Å². The van der Waals surface area contributed by atoms with Gasteiger partial charge in [-0.1, -0.05) is 53.5 Å². The Labute approximate surface area is 183 Å². The minimum absolute atomic E-state index is 0.0208. The van der Waals surface area contributed by atoms with E-state index in [9.17, 15) is 4.79 Å². The molecule has 6 nitrogen and oxygen atoms in total. The fourth-order valence-corrected chi connectivity index (χ4v) is 3.70. The second-order valence-electron chi connectivity index (χ2n) is 6.97. The van der Waals surface area contributed by atoms with Crippen LogP contribution in [0.3, 0.4) is 0 Å². The molecule has 0 atom stereocenters. The molecule has 1 N–H and O–H groups in total. The number of nitrogens with one attached hydrogen (secondary N) is 1. The van der Waals surface area contributed by atoms with Crippen molar-refractivity contribution in [2.75, 3.05) is 5.32 Å². The summed E-state index contributed by atoms with van der Waals surface area (Å²) in [5.41, 5.74) is 4.39. The molecule has 4 rings (SSSR count). The topological polar surface area (TPSA) is 72.2 Å². The smallest absolute Gasteiger partial charge is 0.252 e. The number of nitrogens with zero attached hydrogens (tertiary/aromatic N) is 4. The molecular formula is C22H19Cl2N5O. The summed E-state index contributed by atoms with van der Waals surface area (Å²) in [6.45, 7) is 3.91. The van der Waals surface area contributed by atoms with Gasteiger partial charge in [0.15, 0.2) is 5.82 Å². The SMILES string of the molecule is Cc1nc2nc(CC(=O)Nc3ccccc3Cl)nn2c(C)c1Cc1ccccc1Cl. The van der Waals surface area contributed by atoms with E-state index in [0.717, 1.165) is 22.5 Å². The Morgan fingerprint density at radius 3 is 2.43 bits per heavy atom. The van der Waals surface area contributed by atoms with Crippen molar-refractivity contribution < 1.29 is 4.79 Å². The molecule has 0 spiro atoms. The third kappa shape index (κ3) is 4.15. The Hall–Kier alpha value is -2.96. The average molecular weight is 440 g/mol. The van der Waals surface area contributed by atoms with Crippen LogP contribution in [-0.2, 0) is 17.6 Å². The molecule has 4 aromatic rings. The number of rotatable bonds is 5. The standard InChI is InChI=1S/C22H19Cl2N5O/c1-13-16(11-15-7-3-4-8-17(15)23)14(2)29-22(25-13)27-20(28-29)12-21(30)26-19-10-6-5-9-18(19)24/h3-10H,11-12H2,1-2H3,(H,26,30). The monoisotopic (exact) mass is 439 g/mol. The van der Waals surface area contributed by atoms with Crippen molar-refractivity contribution in [2.24, 2.45) is 0 Å². The van der Waals surface area contributed by atoms with Gasteiger partial charge in [-0.2, -0.15) is 4.98 Å². The summed E-state index contributed by atoms with van der Waals surface area (Å²) in [5, 5.41) is 8.48. The van der Waals surface area contributed by atoms with Crippen molar-refractivity contribution in [3.8, 4) is 0 Å². The van der Waals surface area contributed by atoms with Gasteiger partial charge >= 0.3 is 0 Å². The number of para-hydroxylation sites is 1. The number of aromatic nitrogens is 4. The number of benzene rings is 2. The third-order valence-corrected chi connectivity index (χ3v) is 5.58. The largest absolute Gasteiger partial charge is 0.324 e. The van der Waals surface area contributed by atoms with E-state index in [4.69, 9.17) is 23.2 Å². The molecule has 0 aliphatic heterocycles. The zero-order valence-electron chi connectivity index (χ0n) is 16.5. The van der Waals surface area contributed by atoms with Crippen molar-refractivity contribution in [1.82, 2.24) is 19.6 Å². The lowest BCUT2D eigenvalue weighted by atomic mass is 10.0. The molecule has 1 amide bonds. The van der Waals surface area contributed by atoms with E-state index < -0.39 is 0 Å². The first kappa shape index (κ1) is 20.3. The maximum atomic E-state index is 12.4. The molecule has 0 fully saturated rings. The lowest BCUT2D eigenvalue weighted by Crippen LogP contribution is -2.15. The van der Waals surface area contributed by atoms with Gasteiger partial charge in [-0.15, -0.1) is 5.10 Å². The maximum Gasteiger partial charge on any atom is 0.252 e. The van der Waals surface area contributed by atoms with Gasteiger partial charge < -0.3 is 5.32 Å². The molecule has 0 unspecified atom stereocenters. The van der Waals surface area contributed by atoms with Crippen LogP contribution in [0.5, 0.6) is 0 Å². The fourth-order valence-electron chi connectivity index (χ4n) is 3.31. The van der Waals surface area contributed by atoms with Crippen LogP contribution in [0, 0.1) is 13.8 Å². The zero-order valence-corrected chi connectivity index (χ0v) is 18.0. The highest BCUT2D eigenvalue weighted by molar-refractivity contribution is 6.33. The van der Waals surface area contributed by atoms with Crippen molar-refractivity contribution in [3.63, 3.8) is 0 Å². The van der Waals surface area contributed by atoms with Gasteiger partial charge in [-0.3, -0.25) is 4.79 Å². The molecule has 0 aliphatic carbocycles. The third-order valence-electron chi connectivity index (χ3n) is 4.88. The van der Waals surface area contributed by atoms with Crippen LogP contribution < -0.4 is 5.32 Å². The molecule has 2 aromatic heterocycles. The second kappa shape index (κ2) is 8.42. The number of hydrogen-bond acceptors (Lipinski definition) is 4. The zero-order chi connectivity index (χ0) is 21.3. The first-order valence-corrected chi connectivity index (χ1v) is 10.2. The van der Waals surface area contributed by atoms with E-state index >= 15 is 0 Å². The van der Waals surface area contributed by atoms with Crippen LogP contribution in [0.15, 0.2) is 48.5 Å². The molecule has 0 aliphatic rings. The van der Waals surface area contributed by atoms with Gasteiger partial charge in [0.25, 0.3) is 5.78 Å². The summed E-state index contributed by atoms with van der Waals surface area (Å²) in [5.74, 6) is 0.613. The van der Waals surface area contributed by atoms with Crippen LogP contribution in [-0.4, -0.2) is 25.5 Å². The minimum atomic E-state index is -0.246. The van der Waals surface area contributed by atoms with Crippen LogP contribution in [0.25, 0.3) is 5.78 Å². The fraction of sp³-hybridized carbons (Fsp3) is 0.182. The highest BCUT2D eigenvalue weighted by Gasteiger charge is 2.16. The number of carbonyl (C=O) groups excluding carboxylic acids is 1. The minimum Gasteiger partial charge on any atom is -0.324 e. The van der Waals surface area contributed by atoms with Gasteiger partial charge in [-0.05, 0) is 43.2 Å². The maximum absolute atomic E-state index is 12.4. The van der Waals surface area contributed by atoms with Crippen molar-refractivity contribution in [3.05, 3.63) is 86.9 Å². The number of aryl methyl sites for hydroxylation is 2. The van der Waals surface area contributed by atoms with Crippen molar-refractivity contribution >= 4 is 40.6 Å². The average Bonchev–Trinajstić information content (AvgIpc) is 3.10. The number of anilines is 1. The summed E-state index contributed by atoms with van der Waals surface area (Å²) < 4.78 is 1.68. The molecule has 152 valence electrons. The number of carbonyl (C=O) groups is 1. The Bertz CT molecular complexity index is 1250. The molecule has 8 heteroatoms. The van der Waals surface area contributed by atoms with Crippen LogP contribution >= 0.6 is 23.2 Å². The lowest BCUT2D eigenvalue weighted by molar-refractivity contribution is -0.115. The molecule has 0 bridgehead atoms. The summed E-state index contributed by atoms with van der Waals surface area (Å²) in [4.78, 5) is 21.4. The molecular weight excluding hydrogens is 421 g/mol. The van der Waals surface area contributed by atoms with Crippen LogP contribution in [0.2, 0.25) is 10.0 Å². The Balaban J connectivity index is 1.60. The van der Waals surface area contributed by atoms with E-state index in [1.54, 1.807) is 28.8 Å².